The largest absolute Gasteiger partial charge is 0.352 e. The Morgan fingerprint density at radius 3 is 2.36 bits per heavy atom. The summed E-state index contributed by atoms with van der Waals surface area (Å²) in [6.07, 6.45) is 4.81. The minimum atomic E-state index is -0.515. The summed E-state index contributed by atoms with van der Waals surface area (Å²) in [6, 6.07) is 15.8. The highest BCUT2D eigenvalue weighted by molar-refractivity contribution is 7.99. The molecule has 0 heterocycles. The van der Waals surface area contributed by atoms with Gasteiger partial charge in [-0.05, 0) is 30.4 Å². The van der Waals surface area contributed by atoms with E-state index < -0.39 is 11.0 Å². The Morgan fingerprint density at radius 1 is 1.09 bits per heavy atom. The van der Waals surface area contributed by atoms with Crippen LogP contribution in [0.5, 0.6) is 0 Å². The normalized spacial score (nSPS) is 14.6. The number of carbonyl (C=O) groups is 2. The van der Waals surface area contributed by atoms with Crippen molar-refractivity contribution in [3.8, 4) is 0 Å². The van der Waals surface area contributed by atoms with Gasteiger partial charge in [0.2, 0.25) is 11.8 Å². The summed E-state index contributed by atoms with van der Waals surface area (Å²) >= 11 is 1.45. The third-order valence-electron chi connectivity index (χ3n) is 5.92. The van der Waals surface area contributed by atoms with E-state index in [1.807, 2.05) is 37.3 Å². The van der Waals surface area contributed by atoms with Crippen LogP contribution in [0.25, 0.3) is 0 Å². The molecular formula is C25H31N3O4S. The first-order chi connectivity index (χ1) is 16.0. The Morgan fingerprint density at radius 2 is 1.76 bits per heavy atom. The van der Waals surface area contributed by atoms with E-state index in [0.29, 0.717) is 18.7 Å². The Labute approximate surface area is 199 Å². The zero-order valence-electron chi connectivity index (χ0n) is 18.9. The number of thioether (sulfide) groups is 1. The molecule has 1 N–H and O–H groups in total. The average molecular weight is 470 g/mol. The van der Waals surface area contributed by atoms with Crippen LogP contribution in [0.2, 0.25) is 0 Å². The van der Waals surface area contributed by atoms with Crippen LogP contribution >= 0.6 is 11.8 Å². The number of nitro groups is 1. The zero-order valence-corrected chi connectivity index (χ0v) is 19.8. The first-order valence-electron chi connectivity index (χ1n) is 11.4. The van der Waals surface area contributed by atoms with Crippen molar-refractivity contribution >= 4 is 29.3 Å². The predicted octanol–water partition coefficient (Wildman–Crippen LogP) is 4.69. The van der Waals surface area contributed by atoms with Crippen molar-refractivity contribution in [2.45, 2.75) is 63.4 Å². The van der Waals surface area contributed by atoms with Gasteiger partial charge in [0.05, 0.1) is 10.7 Å². The first kappa shape index (κ1) is 24.8. The summed E-state index contributed by atoms with van der Waals surface area (Å²) in [6.45, 7) is 2.32. The van der Waals surface area contributed by atoms with Gasteiger partial charge >= 0.3 is 0 Å². The van der Waals surface area contributed by atoms with Crippen molar-refractivity contribution in [3.63, 3.8) is 0 Å². The molecule has 1 atom stereocenters. The molecule has 33 heavy (non-hydrogen) atoms. The standard InChI is InChI=1S/C25H31N3O4S/c1-2-23(25(30)26-21-10-6-7-11-21)27(16-19-8-4-3-5-9-19)24(29)18-33-17-20-12-14-22(15-13-20)28(31)32/h3-5,8-9,12-15,21,23H,2,6-7,10-11,16-18H2,1H3,(H,26,30)/t23-/m0/s1. The molecule has 2 amide bonds. The lowest BCUT2D eigenvalue weighted by Gasteiger charge is -2.31. The molecule has 2 aromatic rings. The number of hydrogen-bond acceptors (Lipinski definition) is 5. The summed E-state index contributed by atoms with van der Waals surface area (Å²) in [5, 5.41) is 14.0. The number of benzene rings is 2. The lowest BCUT2D eigenvalue weighted by atomic mass is 10.1. The van der Waals surface area contributed by atoms with E-state index in [0.717, 1.165) is 36.8 Å². The van der Waals surface area contributed by atoms with Crippen LogP contribution in [-0.4, -0.2) is 39.5 Å². The van der Waals surface area contributed by atoms with Crippen LogP contribution in [0.1, 0.15) is 50.2 Å². The molecule has 0 unspecified atom stereocenters. The number of non-ortho nitro benzene ring substituents is 1. The second kappa shape index (κ2) is 12.4. The van der Waals surface area contributed by atoms with Crippen molar-refractivity contribution in [3.05, 3.63) is 75.8 Å². The highest BCUT2D eigenvalue weighted by Gasteiger charge is 2.30. The Balaban J connectivity index is 1.65. The van der Waals surface area contributed by atoms with Gasteiger partial charge in [0.1, 0.15) is 6.04 Å². The maximum absolute atomic E-state index is 13.3. The average Bonchev–Trinajstić information content (AvgIpc) is 3.33. The Hall–Kier alpha value is -2.87. The van der Waals surface area contributed by atoms with E-state index in [9.17, 15) is 19.7 Å². The molecule has 0 saturated heterocycles. The molecular weight excluding hydrogens is 438 g/mol. The summed E-state index contributed by atoms with van der Waals surface area (Å²) in [4.78, 5) is 38.4. The van der Waals surface area contributed by atoms with E-state index >= 15 is 0 Å². The first-order valence-corrected chi connectivity index (χ1v) is 12.6. The van der Waals surface area contributed by atoms with Crippen LogP contribution in [0.4, 0.5) is 5.69 Å². The Kier molecular flexibility index (Phi) is 9.30. The Bertz CT molecular complexity index is 930. The topological polar surface area (TPSA) is 92.6 Å². The van der Waals surface area contributed by atoms with Crippen LogP contribution in [0, 0.1) is 10.1 Å². The van der Waals surface area contributed by atoms with Crippen molar-refractivity contribution in [1.82, 2.24) is 10.2 Å². The van der Waals surface area contributed by atoms with Gasteiger partial charge in [-0.2, -0.15) is 0 Å². The van der Waals surface area contributed by atoms with E-state index in [1.54, 1.807) is 17.0 Å². The summed E-state index contributed by atoms with van der Waals surface area (Å²) < 4.78 is 0. The number of hydrogen-bond donors (Lipinski definition) is 1. The molecule has 1 fully saturated rings. The SMILES string of the molecule is CC[C@@H](C(=O)NC1CCCC1)N(Cc1ccccc1)C(=O)CSCc1ccc([N+](=O)[O-])cc1. The van der Waals surface area contributed by atoms with Crippen molar-refractivity contribution < 1.29 is 14.5 Å². The molecule has 8 heteroatoms. The van der Waals surface area contributed by atoms with Crippen LogP contribution in [0.15, 0.2) is 54.6 Å². The molecule has 0 spiro atoms. The predicted molar refractivity (Wildman–Crippen MR) is 131 cm³/mol. The lowest BCUT2D eigenvalue weighted by Crippen LogP contribution is -2.51. The monoisotopic (exact) mass is 469 g/mol. The van der Waals surface area contributed by atoms with Gasteiger partial charge in [-0.15, -0.1) is 11.8 Å². The molecule has 1 aliphatic rings. The van der Waals surface area contributed by atoms with E-state index in [-0.39, 0.29) is 29.3 Å². The number of carbonyl (C=O) groups excluding carboxylic acids is 2. The van der Waals surface area contributed by atoms with Crippen molar-refractivity contribution in [2.75, 3.05) is 5.75 Å². The fraction of sp³-hybridized carbons (Fsp3) is 0.440. The second-order valence-corrected chi connectivity index (χ2v) is 9.32. The number of rotatable bonds is 11. The molecule has 0 bridgehead atoms. The van der Waals surface area contributed by atoms with Crippen molar-refractivity contribution in [2.24, 2.45) is 0 Å². The molecule has 3 rings (SSSR count). The summed E-state index contributed by atoms with van der Waals surface area (Å²) in [7, 11) is 0. The molecule has 7 nitrogen and oxygen atoms in total. The number of nitro benzene ring substituents is 1. The van der Waals surface area contributed by atoms with Crippen molar-refractivity contribution in [1.29, 1.82) is 0 Å². The maximum Gasteiger partial charge on any atom is 0.269 e. The number of amides is 2. The molecule has 0 aromatic heterocycles. The van der Waals surface area contributed by atoms with E-state index in [4.69, 9.17) is 0 Å². The minimum absolute atomic E-state index is 0.0490. The highest BCUT2D eigenvalue weighted by Crippen LogP contribution is 2.21. The van der Waals surface area contributed by atoms with Gasteiger partial charge in [-0.25, -0.2) is 0 Å². The van der Waals surface area contributed by atoms with Crippen LogP contribution < -0.4 is 5.32 Å². The van der Waals surface area contributed by atoms with Gasteiger partial charge < -0.3 is 10.2 Å². The third-order valence-corrected chi connectivity index (χ3v) is 6.91. The van der Waals surface area contributed by atoms with Crippen LogP contribution in [0.3, 0.4) is 0 Å². The fourth-order valence-corrected chi connectivity index (χ4v) is 4.99. The third kappa shape index (κ3) is 7.32. The highest BCUT2D eigenvalue weighted by atomic mass is 32.2. The smallest absolute Gasteiger partial charge is 0.269 e. The quantitative estimate of drug-likeness (QED) is 0.381. The summed E-state index contributed by atoms with van der Waals surface area (Å²) in [5.41, 5.74) is 1.95. The summed E-state index contributed by atoms with van der Waals surface area (Å²) in [5.74, 6) is 0.638. The number of nitrogens with zero attached hydrogens (tertiary/aromatic N) is 2. The van der Waals surface area contributed by atoms with Gasteiger partial charge in [-0.1, -0.05) is 62.2 Å². The van der Waals surface area contributed by atoms with E-state index in [2.05, 4.69) is 5.32 Å². The maximum atomic E-state index is 13.3. The number of nitrogens with one attached hydrogen (secondary N) is 1. The minimum Gasteiger partial charge on any atom is -0.352 e. The molecule has 1 aliphatic carbocycles. The van der Waals surface area contributed by atoms with Gasteiger partial charge in [0, 0.05) is 30.5 Å². The van der Waals surface area contributed by atoms with Gasteiger partial charge in [0.15, 0.2) is 0 Å². The second-order valence-electron chi connectivity index (χ2n) is 8.34. The lowest BCUT2D eigenvalue weighted by molar-refractivity contribution is -0.384. The molecule has 0 aliphatic heterocycles. The van der Waals surface area contributed by atoms with Crippen LogP contribution in [-0.2, 0) is 21.9 Å². The zero-order chi connectivity index (χ0) is 23.6. The fourth-order valence-electron chi connectivity index (χ4n) is 4.12. The van der Waals surface area contributed by atoms with Gasteiger partial charge in [0.25, 0.3) is 5.69 Å². The van der Waals surface area contributed by atoms with Gasteiger partial charge in [-0.3, -0.25) is 19.7 Å². The molecule has 1 saturated carbocycles. The molecule has 0 radical (unpaired) electrons. The molecule has 2 aromatic carbocycles. The molecule has 176 valence electrons. The van der Waals surface area contributed by atoms with E-state index in [1.165, 1.54) is 23.9 Å².